The molecule has 0 aliphatic rings. The van der Waals surface area contributed by atoms with Gasteiger partial charge in [-0.1, -0.05) is 26.8 Å². The number of hydrogen-bond donors (Lipinski definition) is 1. The van der Waals surface area contributed by atoms with Gasteiger partial charge in [0, 0.05) is 0 Å². The second-order valence-electron chi connectivity index (χ2n) is 6.82. The summed E-state index contributed by atoms with van der Waals surface area (Å²) < 4.78 is 10.9. The fraction of sp³-hybridized carbons (Fsp3) is 0.316. The number of methoxy groups -OCH3 is 1. The van der Waals surface area contributed by atoms with Crippen LogP contribution < -0.4 is 14.8 Å². The van der Waals surface area contributed by atoms with Crippen molar-refractivity contribution in [2.75, 3.05) is 19.0 Å². The molecule has 0 saturated heterocycles. The van der Waals surface area contributed by atoms with Crippen LogP contribution in [0.4, 0.5) is 5.69 Å². The van der Waals surface area contributed by atoms with Crippen LogP contribution in [0, 0.1) is 0 Å². The van der Waals surface area contributed by atoms with E-state index in [1.165, 1.54) is 17.7 Å². The normalized spacial score (nSPS) is 11.4. The molecule has 0 unspecified atom stereocenters. The van der Waals surface area contributed by atoms with Gasteiger partial charge in [-0.3, -0.25) is 4.79 Å². The number of amides is 1. The van der Waals surface area contributed by atoms with Crippen LogP contribution in [0.3, 0.4) is 0 Å². The van der Waals surface area contributed by atoms with E-state index in [0.717, 1.165) is 15.8 Å². The molecule has 3 aromatic rings. The number of fused-ring (bicyclic) bond motifs is 1. The topological polar surface area (TPSA) is 73.3 Å². The van der Waals surface area contributed by atoms with Crippen molar-refractivity contribution >= 4 is 33.1 Å². The second-order valence-corrected chi connectivity index (χ2v) is 7.71. The van der Waals surface area contributed by atoms with Crippen molar-refractivity contribution in [2.45, 2.75) is 26.2 Å². The van der Waals surface area contributed by atoms with Crippen molar-refractivity contribution in [1.82, 2.24) is 9.97 Å². The van der Waals surface area contributed by atoms with Crippen molar-refractivity contribution in [2.24, 2.45) is 0 Å². The highest BCUT2D eigenvalue weighted by molar-refractivity contribution is 7.16. The maximum absolute atomic E-state index is 12.4. The highest BCUT2D eigenvalue weighted by Crippen LogP contribution is 2.31. The number of nitrogens with one attached hydrogen (secondary N) is 1. The summed E-state index contributed by atoms with van der Waals surface area (Å²) in [6.07, 6.45) is 1.43. The van der Waals surface area contributed by atoms with E-state index in [1.54, 1.807) is 7.11 Å². The molecule has 0 saturated carbocycles. The number of ether oxygens (including phenoxy) is 2. The lowest BCUT2D eigenvalue weighted by molar-refractivity contribution is -0.118. The lowest BCUT2D eigenvalue weighted by atomic mass is 9.87. The number of hydrogen-bond acceptors (Lipinski definition) is 6. The summed E-state index contributed by atoms with van der Waals surface area (Å²) >= 11 is 1.50. The average molecular weight is 371 g/mol. The fourth-order valence-corrected chi connectivity index (χ4v) is 3.20. The lowest BCUT2D eigenvalue weighted by Gasteiger charge is -2.21. The quantitative estimate of drug-likeness (QED) is 0.733. The van der Waals surface area contributed by atoms with Crippen LogP contribution in [0.5, 0.6) is 11.6 Å². The average Bonchev–Trinajstić information content (AvgIpc) is 3.08. The van der Waals surface area contributed by atoms with Gasteiger partial charge >= 0.3 is 0 Å². The Morgan fingerprint density at radius 1 is 1.23 bits per heavy atom. The van der Waals surface area contributed by atoms with Crippen LogP contribution in [0.25, 0.3) is 10.2 Å². The zero-order chi connectivity index (χ0) is 18.7. The standard InChI is InChI=1S/C19H21N3O3S/c1-19(2,3)12-5-6-15(24-4)14(9-12)22-16(23)10-25-17-13-7-8-26-18(13)21-11-20-17/h5-9,11H,10H2,1-4H3,(H,22,23). The second kappa shape index (κ2) is 7.29. The summed E-state index contributed by atoms with van der Waals surface area (Å²) in [6, 6.07) is 7.66. The Hall–Kier alpha value is -2.67. The molecule has 0 spiro atoms. The predicted octanol–water partition coefficient (Wildman–Crippen LogP) is 4.01. The Labute approximate surface area is 156 Å². The van der Waals surface area contributed by atoms with E-state index in [4.69, 9.17) is 9.47 Å². The molecular weight excluding hydrogens is 350 g/mol. The molecule has 0 atom stereocenters. The van der Waals surface area contributed by atoms with Gasteiger partial charge in [-0.2, -0.15) is 0 Å². The van der Waals surface area contributed by atoms with Gasteiger partial charge in [-0.05, 0) is 34.6 Å². The van der Waals surface area contributed by atoms with E-state index in [0.29, 0.717) is 17.3 Å². The number of carbonyl (C=O) groups is 1. The van der Waals surface area contributed by atoms with Crippen LogP contribution in [0.2, 0.25) is 0 Å². The summed E-state index contributed by atoms with van der Waals surface area (Å²) in [7, 11) is 1.58. The zero-order valence-corrected chi connectivity index (χ0v) is 16.0. The minimum absolute atomic E-state index is 0.0340. The molecule has 6 nitrogen and oxygen atoms in total. The first-order chi connectivity index (χ1) is 12.4. The first kappa shape index (κ1) is 18.1. The van der Waals surface area contributed by atoms with Gasteiger partial charge in [-0.15, -0.1) is 11.3 Å². The van der Waals surface area contributed by atoms with Crippen molar-refractivity contribution in [1.29, 1.82) is 0 Å². The number of rotatable bonds is 5. The Balaban J connectivity index is 1.72. The first-order valence-corrected chi connectivity index (χ1v) is 9.06. The molecule has 1 amide bonds. The summed E-state index contributed by atoms with van der Waals surface area (Å²) in [6.45, 7) is 6.20. The maximum Gasteiger partial charge on any atom is 0.262 e. The number of anilines is 1. The third-order valence-electron chi connectivity index (χ3n) is 3.90. The van der Waals surface area contributed by atoms with Crippen molar-refractivity contribution in [3.8, 4) is 11.6 Å². The smallest absolute Gasteiger partial charge is 0.262 e. The Morgan fingerprint density at radius 2 is 2.04 bits per heavy atom. The van der Waals surface area contributed by atoms with E-state index >= 15 is 0 Å². The highest BCUT2D eigenvalue weighted by Gasteiger charge is 2.17. The number of nitrogens with zero attached hydrogens (tertiary/aromatic N) is 2. The number of carbonyl (C=O) groups excluding carboxylic acids is 1. The molecule has 2 aromatic heterocycles. The summed E-state index contributed by atoms with van der Waals surface area (Å²) in [5.74, 6) is 0.728. The third kappa shape index (κ3) is 3.94. The van der Waals surface area contributed by atoms with Gasteiger partial charge in [0.2, 0.25) is 5.88 Å². The van der Waals surface area contributed by atoms with E-state index in [1.807, 2.05) is 29.6 Å². The predicted molar refractivity (Wildman–Crippen MR) is 103 cm³/mol. The van der Waals surface area contributed by atoms with Crippen molar-refractivity contribution in [3.63, 3.8) is 0 Å². The van der Waals surface area contributed by atoms with Crippen molar-refractivity contribution < 1.29 is 14.3 Å². The van der Waals surface area contributed by atoms with Crippen LogP contribution in [0.1, 0.15) is 26.3 Å². The third-order valence-corrected chi connectivity index (χ3v) is 4.73. The minimum atomic E-state index is -0.281. The van der Waals surface area contributed by atoms with E-state index in [2.05, 4.69) is 36.1 Å². The zero-order valence-electron chi connectivity index (χ0n) is 15.2. The lowest BCUT2D eigenvalue weighted by Crippen LogP contribution is -2.21. The van der Waals surface area contributed by atoms with Gasteiger partial charge in [-0.25, -0.2) is 9.97 Å². The molecule has 0 fully saturated rings. The largest absolute Gasteiger partial charge is 0.495 e. The van der Waals surface area contributed by atoms with Crippen molar-refractivity contribution in [3.05, 3.63) is 41.5 Å². The first-order valence-electron chi connectivity index (χ1n) is 8.18. The minimum Gasteiger partial charge on any atom is -0.495 e. The molecule has 26 heavy (non-hydrogen) atoms. The van der Waals surface area contributed by atoms with Gasteiger partial charge in [0.25, 0.3) is 5.91 Å². The Bertz CT molecular complexity index is 931. The van der Waals surface area contributed by atoms with Gasteiger partial charge in [0.1, 0.15) is 16.9 Å². The molecule has 1 aromatic carbocycles. The molecule has 1 N–H and O–H groups in total. The number of aromatic nitrogens is 2. The maximum atomic E-state index is 12.4. The summed E-state index contributed by atoms with van der Waals surface area (Å²) in [5.41, 5.74) is 1.69. The number of benzene rings is 1. The summed E-state index contributed by atoms with van der Waals surface area (Å²) in [4.78, 5) is 21.5. The molecule has 136 valence electrons. The van der Waals surface area contributed by atoms with Crippen LogP contribution in [-0.2, 0) is 10.2 Å². The van der Waals surface area contributed by atoms with Crippen LogP contribution >= 0.6 is 11.3 Å². The van der Waals surface area contributed by atoms with Crippen LogP contribution in [-0.4, -0.2) is 29.6 Å². The number of thiophene rings is 1. The monoisotopic (exact) mass is 371 g/mol. The molecule has 3 rings (SSSR count). The summed E-state index contributed by atoms with van der Waals surface area (Å²) in [5, 5.41) is 5.57. The SMILES string of the molecule is COc1ccc(C(C)(C)C)cc1NC(=O)COc1ncnc2sccc12. The molecular formula is C19H21N3O3S. The van der Waals surface area contributed by atoms with Gasteiger partial charge in [0.05, 0.1) is 18.2 Å². The Kier molecular flexibility index (Phi) is 5.08. The molecule has 7 heteroatoms. The molecule has 0 bridgehead atoms. The molecule has 0 aliphatic carbocycles. The van der Waals surface area contributed by atoms with E-state index in [9.17, 15) is 4.79 Å². The highest BCUT2D eigenvalue weighted by atomic mass is 32.1. The fourth-order valence-electron chi connectivity index (χ4n) is 2.47. The molecule has 0 aliphatic heterocycles. The van der Waals surface area contributed by atoms with Gasteiger partial charge in [0.15, 0.2) is 6.61 Å². The van der Waals surface area contributed by atoms with Crippen LogP contribution in [0.15, 0.2) is 36.0 Å². The molecule has 2 heterocycles. The van der Waals surface area contributed by atoms with E-state index < -0.39 is 0 Å². The van der Waals surface area contributed by atoms with E-state index in [-0.39, 0.29) is 17.9 Å². The molecule has 0 radical (unpaired) electrons. The Morgan fingerprint density at radius 3 is 2.77 bits per heavy atom. The van der Waals surface area contributed by atoms with Gasteiger partial charge < -0.3 is 14.8 Å².